The Morgan fingerprint density at radius 1 is 1.11 bits per heavy atom. The van der Waals surface area contributed by atoms with E-state index in [4.69, 9.17) is 4.74 Å². The second kappa shape index (κ2) is 7.83. The van der Waals surface area contributed by atoms with E-state index in [9.17, 15) is 9.90 Å². The number of ether oxygens (including phenoxy) is 1. The lowest BCUT2D eigenvalue weighted by Crippen LogP contribution is -2.43. The molecule has 2 aliphatic heterocycles. The van der Waals surface area contributed by atoms with Crippen molar-refractivity contribution >= 4 is 5.91 Å². The monoisotopic (exact) mass is 365 g/mol. The third-order valence-electron chi connectivity index (χ3n) is 6.26. The number of benzene rings is 2. The highest BCUT2D eigenvalue weighted by Gasteiger charge is 2.49. The van der Waals surface area contributed by atoms with Gasteiger partial charge < -0.3 is 14.7 Å². The van der Waals surface area contributed by atoms with Gasteiger partial charge >= 0.3 is 0 Å². The van der Waals surface area contributed by atoms with E-state index in [1.165, 1.54) is 0 Å². The van der Waals surface area contributed by atoms with Crippen LogP contribution in [0.4, 0.5) is 0 Å². The van der Waals surface area contributed by atoms with Crippen LogP contribution >= 0.6 is 0 Å². The average Bonchev–Trinajstić information content (AvgIpc) is 3.13. The molecule has 0 saturated carbocycles. The minimum absolute atomic E-state index is 0.0452. The van der Waals surface area contributed by atoms with Gasteiger partial charge in [0.1, 0.15) is 0 Å². The number of carbonyl (C=O) groups excluding carboxylic acids is 1. The van der Waals surface area contributed by atoms with Crippen LogP contribution in [0.1, 0.15) is 29.9 Å². The lowest BCUT2D eigenvalue weighted by molar-refractivity contribution is -0.131. The molecule has 0 bridgehead atoms. The standard InChI is InChI=1S/C23H27NO3/c25-16-23-15-24(14-20(23)11-12-27-17-23)22(26)13-21(18-7-3-1-4-8-18)19-9-5-2-6-10-19/h1-10,20-21,25H,11-17H2/t20-,23+/m0/s1. The van der Waals surface area contributed by atoms with E-state index in [1.807, 2.05) is 41.3 Å². The Morgan fingerprint density at radius 2 is 1.74 bits per heavy atom. The summed E-state index contributed by atoms with van der Waals surface area (Å²) in [5.41, 5.74) is 2.05. The van der Waals surface area contributed by atoms with Crippen LogP contribution in [0.5, 0.6) is 0 Å². The maximum Gasteiger partial charge on any atom is 0.223 e. The van der Waals surface area contributed by atoms with Crippen LogP contribution in [-0.4, -0.2) is 48.8 Å². The van der Waals surface area contributed by atoms with Gasteiger partial charge in [-0.05, 0) is 23.5 Å². The molecule has 142 valence electrons. The largest absolute Gasteiger partial charge is 0.396 e. The second-order valence-corrected chi connectivity index (χ2v) is 7.91. The van der Waals surface area contributed by atoms with Gasteiger partial charge in [0.15, 0.2) is 0 Å². The minimum atomic E-state index is -0.275. The van der Waals surface area contributed by atoms with Gasteiger partial charge in [0.25, 0.3) is 0 Å². The first-order chi connectivity index (χ1) is 13.2. The molecular formula is C23H27NO3. The summed E-state index contributed by atoms with van der Waals surface area (Å²) in [5, 5.41) is 9.97. The van der Waals surface area contributed by atoms with Gasteiger partial charge in [-0.3, -0.25) is 4.79 Å². The molecule has 2 aromatic rings. The van der Waals surface area contributed by atoms with Crippen molar-refractivity contribution in [3.05, 3.63) is 71.8 Å². The molecular weight excluding hydrogens is 338 g/mol. The van der Waals surface area contributed by atoms with Crippen LogP contribution in [0, 0.1) is 11.3 Å². The minimum Gasteiger partial charge on any atom is -0.396 e. The quantitative estimate of drug-likeness (QED) is 0.886. The Morgan fingerprint density at radius 3 is 2.30 bits per heavy atom. The molecule has 1 N–H and O–H groups in total. The number of fused-ring (bicyclic) bond motifs is 1. The van der Waals surface area contributed by atoms with E-state index in [1.54, 1.807) is 0 Å². The van der Waals surface area contributed by atoms with Gasteiger partial charge in [0.2, 0.25) is 5.91 Å². The van der Waals surface area contributed by atoms with E-state index in [-0.39, 0.29) is 23.8 Å². The summed E-state index contributed by atoms with van der Waals surface area (Å²) in [6, 6.07) is 20.5. The molecule has 4 heteroatoms. The van der Waals surface area contributed by atoms with Gasteiger partial charge in [0, 0.05) is 37.5 Å². The number of aliphatic hydroxyl groups is 1. The summed E-state index contributed by atoms with van der Waals surface area (Å²) in [7, 11) is 0. The Bertz CT molecular complexity index is 724. The summed E-state index contributed by atoms with van der Waals surface area (Å²) in [4.78, 5) is 15.2. The number of rotatable bonds is 5. The Labute approximate surface area is 160 Å². The zero-order chi connectivity index (χ0) is 18.7. The molecule has 4 nitrogen and oxygen atoms in total. The van der Waals surface area contributed by atoms with E-state index in [0.29, 0.717) is 25.5 Å². The molecule has 2 atom stereocenters. The van der Waals surface area contributed by atoms with Crippen molar-refractivity contribution < 1.29 is 14.6 Å². The summed E-state index contributed by atoms with van der Waals surface area (Å²) >= 11 is 0. The smallest absolute Gasteiger partial charge is 0.223 e. The van der Waals surface area contributed by atoms with E-state index >= 15 is 0 Å². The fourth-order valence-corrected chi connectivity index (χ4v) is 4.61. The Balaban J connectivity index is 1.54. The third-order valence-corrected chi connectivity index (χ3v) is 6.26. The average molecular weight is 365 g/mol. The van der Waals surface area contributed by atoms with Crippen molar-refractivity contribution in [2.24, 2.45) is 11.3 Å². The van der Waals surface area contributed by atoms with Crippen LogP contribution in [0.25, 0.3) is 0 Å². The molecule has 0 aliphatic carbocycles. The van der Waals surface area contributed by atoms with Crippen LogP contribution in [0.15, 0.2) is 60.7 Å². The molecule has 1 amide bonds. The van der Waals surface area contributed by atoms with Gasteiger partial charge in [-0.2, -0.15) is 0 Å². The van der Waals surface area contributed by atoms with Crippen molar-refractivity contribution in [1.29, 1.82) is 0 Å². The van der Waals surface area contributed by atoms with Crippen molar-refractivity contribution in [3.8, 4) is 0 Å². The SMILES string of the molecule is O=C(CC(c1ccccc1)c1ccccc1)N1C[C@@H]2CCOC[C@]2(CO)C1. The zero-order valence-electron chi connectivity index (χ0n) is 15.6. The van der Waals surface area contributed by atoms with Gasteiger partial charge in [0.05, 0.1) is 13.2 Å². The Kier molecular flexibility index (Phi) is 5.28. The molecule has 0 aromatic heterocycles. The van der Waals surface area contributed by atoms with Crippen molar-refractivity contribution in [1.82, 2.24) is 4.90 Å². The molecule has 2 fully saturated rings. The highest BCUT2D eigenvalue weighted by molar-refractivity contribution is 5.78. The van der Waals surface area contributed by atoms with Crippen LogP contribution < -0.4 is 0 Å². The van der Waals surface area contributed by atoms with Crippen LogP contribution in [-0.2, 0) is 9.53 Å². The maximum atomic E-state index is 13.2. The molecule has 27 heavy (non-hydrogen) atoms. The fraction of sp³-hybridized carbons (Fsp3) is 0.435. The number of hydrogen-bond donors (Lipinski definition) is 1. The van der Waals surface area contributed by atoms with E-state index in [2.05, 4.69) is 24.3 Å². The maximum absolute atomic E-state index is 13.2. The van der Waals surface area contributed by atoms with Crippen LogP contribution in [0.3, 0.4) is 0 Å². The Hall–Kier alpha value is -2.17. The number of nitrogens with zero attached hydrogens (tertiary/aromatic N) is 1. The predicted molar refractivity (Wildman–Crippen MR) is 104 cm³/mol. The molecule has 2 heterocycles. The number of aliphatic hydroxyl groups excluding tert-OH is 1. The molecule has 2 aliphatic rings. The lowest BCUT2D eigenvalue weighted by atomic mass is 9.76. The number of amides is 1. The van der Waals surface area contributed by atoms with Gasteiger partial charge in [-0.1, -0.05) is 60.7 Å². The van der Waals surface area contributed by atoms with E-state index < -0.39 is 0 Å². The molecule has 0 unspecified atom stereocenters. The normalized spacial score (nSPS) is 24.8. The van der Waals surface area contributed by atoms with Crippen molar-refractivity contribution in [3.63, 3.8) is 0 Å². The van der Waals surface area contributed by atoms with Gasteiger partial charge in [-0.15, -0.1) is 0 Å². The highest BCUT2D eigenvalue weighted by Crippen LogP contribution is 2.41. The molecule has 4 rings (SSSR count). The topological polar surface area (TPSA) is 49.8 Å². The van der Waals surface area contributed by atoms with Crippen molar-refractivity contribution in [2.45, 2.75) is 18.8 Å². The number of likely N-dealkylation sites (tertiary alicyclic amines) is 1. The molecule has 0 spiro atoms. The summed E-state index contributed by atoms with van der Waals surface area (Å²) in [6.07, 6.45) is 1.37. The predicted octanol–water partition coefficient (Wildman–Crippen LogP) is 3.07. The highest BCUT2D eigenvalue weighted by atomic mass is 16.5. The van der Waals surface area contributed by atoms with Crippen LogP contribution in [0.2, 0.25) is 0 Å². The van der Waals surface area contributed by atoms with Gasteiger partial charge in [-0.25, -0.2) is 0 Å². The molecule has 2 aromatic carbocycles. The molecule has 0 radical (unpaired) electrons. The summed E-state index contributed by atoms with van der Waals surface area (Å²) in [6.45, 7) is 2.70. The fourth-order valence-electron chi connectivity index (χ4n) is 4.61. The third kappa shape index (κ3) is 3.64. The lowest BCUT2D eigenvalue weighted by Gasteiger charge is -2.36. The summed E-state index contributed by atoms with van der Waals surface area (Å²) in [5.74, 6) is 0.547. The first-order valence-corrected chi connectivity index (χ1v) is 9.78. The molecule has 2 saturated heterocycles. The first-order valence-electron chi connectivity index (χ1n) is 9.78. The zero-order valence-corrected chi connectivity index (χ0v) is 15.6. The van der Waals surface area contributed by atoms with E-state index in [0.717, 1.165) is 30.7 Å². The number of hydrogen-bond acceptors (Lipinski definition) is 3. The van der Waals surface area contributed by atoms with Crippen molar-refractivity contribution in [2.75, 3.05) is 32.9 Å². The first kappa shape index (κ1) is 18.2. The second-order valence-electron chi connectivity index (χ2n) is 7.91. The summed E-state index contributed by atoms with van der Waals surface area (Å²) < 4.78 is 5.63. The number of carbonyl (C=O) groups is 1.